The molecule has 0 aliphatic carbocycles. The maximum atomic E-state index is 13.5. The molecule has 0 saturated heterocycles. The summed E-state index contributed by atoms with van der Waals surface area (Å²) >= 11 is 1.35. The minimum absolute atomic E-state index is 0.206. The standard InChI is InChI=1S/C14H13F2N3OS/c1-3-11-8(7-17-14(18-11)21-2)13(20)19-12-9(15)5-4-6-10(12)16/h4-7H,3H2,1-2H3,(H,19,20). The molecule has 0 spiro atoms. The molecule has 0 atom stereocenters. The Morgan fingerprint density at radius 1 is 1.33 bits per heavy atom. The van der Waals surface area contributed by atoms with Crippen molar-refractivity contribution in [1.82, 2.24) is 9.97 Å². The quantitative estimate of drug-likeness (QED) is 0.695. The van der Waals surface area contributed by atoms with Gasteiger partial charge in [-0.1, -0.05) is 24.8 Å². The molecule has 0 fully saturated rings. The third-order valence-electron chi connectivity index (χ3n) is 2.81. The highest BCUT2D eigenvalue weighted by molar-refractivity contribution is 7.98. The number of carbonyl (C=O) groups excluding carboxylic acids is 1. The van der Waals surface area contributed by atoms with Gasteiger partial charge in [-0.05, 0) is 24.8 Å². The van der Waals surface area contributed by atoms with Crippen LogP contribution in [0.1, 0.15) is 23.0 Å². The lowest BCUT2D eigenvalue weighted by Gasteiger charge is -2.10. The van der Waals surface area contributed by atoms with Crippen LogP contribution in [0.25, 0.3) is 0 Å². The van der Waals surface area contributed by atoms with Gasteiger partial charge in [0, 0.05) is 6.20 Å². The first kappa shape index (κ1) is 15.4. The van der Waals surface area contributed by atoms with Crippen LogP contribution >= 0.6 is 11.8 Å². The zero-order valence-electron chi connectivity index (χ0n) is 11.5. The molecule has 1 amide bonds. The van der Waals surface area contributed by atoms with Crippen LogP contribution in [-0.4, -0.2) is 22.1 Å². The van der Waals surface area contributed by atoms with Gasteiger partial charge in [0.1, 0.15) is 17.3 Å². The van der Waals surface area contributed by atoms with E-state index in [1.54, 1.807) is 0 Å². The van der Waals surface area contributed by atoms with Gasteiger partial charge in [0.25, 0.3) is 5.91 Å². The molecule has 110 valence electrons. The zero-order valence-corrected chi connectivity index (χ0v) is 12.3. The first-order chi connectivity index (χ1) is 10.1. The molecule has 0 bridgehead atoms. The van der Waals surface area contributed by atoms with Gasteiger partial charge in [0.15, 0.2) is 5.16 Å². The van der Waals surface area contributed by atoms with Crippen molar-refractivity contribution in [3.63, 3.8) is 0 Å². The van der Waals surface area contributed by atoms with E-state index in [-0.39, 0.29) is 5.56 Å². The molecule has 0 unspecified atom stereocenters. The number of hydrogen-bond acceptors (Lipinski definition) is 4. The number of aromatic nitrogens is 2. The molecule has 1 N–H and O–H groups in total. The highest BCUT2D eigenvalue weighted by atomic mass is 32.2. The zero-order chi connectivity index (χ0) is 15.4. The number of carbonyl (C=O) groups is 1. The van der Waals surface area contributed by atoms with Crippen molar-refractivity contribution in [3.8, 4) is 0 Å². The van der Waals surface area contributed by atoms with Gasteiger partial charge in [0.2, 0.25) is 0 Å². The second-order valence-electron chi connectivity index (χ2n) is 4.12. The number of aryl methyl sites for hydroxylation is 1. The van der Waals surface area contributed by atoms with E-state index >= 15 is 0 Å². The molecule has 1 aromatic carbocycles. The smallest absolute Gasteiger partial charge is 0.259 e. The van der Waals surface area contributed by atoms with E-state index in [4.69, 9.17) is 0 Å². The molecule has 0 saturated carbocycles. The lowest BCUT2D eigenvalue weighted by molar-refractivity contribution is 0.102. The van der Waals surface area contributed by atoms with Gasteiger partial charge in [-0.2, -0.15) is 0 Å². The number of nitrogens with zero attached hydrogens (tertiary/aromatic N) is 2. The molecule has 7 heteroatoms. The van der Waals surface area contributed by atoms with Crippen LogP contribution in [0.5, 0.6) is 0 Å². The average molecular weight is 309 g/mol. The fraction of sp³-hybridized carbons (Fsp3) is 0.214. The SMILES string of the molecule is CCc1nc(SC)ncc1C(=O)Nc1c(F)cccc1F. The van der Waals surface area contributed by atoms with Crippen molar-refractivity contribution < 1.29 is 13.6 Å². The Balaban J connectivity index is 2.32. The normalized spacial score (nSPS) is 10.5. The van der Waals surface area contributed by atoms with Crippen molar-refractivity contribution >= 4 is 23.4 Å². The van der Waals surface area contributed by atoms with Crippen molar-refractivity contribution in [2.24, 2.45) is 0 Å². The molecule has 21 heavy (non-hydrogen) atoms. The van der Waals surface area contributed by atoms with Crippen molar-refractivity contribution in [3.05, 3.63) is 47.3 Å². The maximum absolute atomic E-state index is 13.5. The van der Waals surface area contributed by atoms with Gasteiger partial charge in [-0.3, -0.25) is 4.79 Å². The molecule has 1 aromatic heterocycles. The van der Waals surface area contributed by atoms with E-state index in [9.17, 15) is 13.6 Å². The second-order valence-corrected chi connectivity index (χ2v) is 4.89. The fourth-order valence-corrected chi connectivity index (χ4v) is 2.11. The predicted octanol–water partition coefficient (Wildman–Crippen LogP) is 3.29. The van der Waals surface area contributed by atoms with Crippen LogP contribution in [0.2, 0.25) is 0 Å². The first-order valence-electron chi connectivity index (χ1n) is 6.22. The van der Waals surface area contributed by atoms with Crippen LogP contribution in [0.4, 0.5) is 14.5 Å². The monoisotopic (exact) mass is 309 g/mol. The molecule has 1 heterocycles. The van der Waals surface area contributed by atoms with Crippen LogP contribution in [0, 0.1) is 11.6 Å². The fourth-order valence-electron chi connectivity index (χ4n) is 1.75. The van der Waals surface area contributed by atoms with Crippen molar-refractivity contribution in [2.45, 2.75) is 18.5 Å². The van der Waals surface area contributed by atoms with E-state index in [1.807, 2.05) is 13.2 Å². The molecule has 4 nitrogen and oxygen atoms in total. The summed E-state index contributed by atoms with van der Waals surface area (Å²) in [4.78, 5) is 20.4. The molecule has 2 aromatic rings. The lowest BCUT2D eigenvalue weighted by Crippen LogP contribution is -2.17. The molecular weight excluding hydrogens is 296 g/mol. The Morgan fingerprint density at radius 3 is 2.57 bits per heavy atom. The number of rotatable bonds is 4. The Bertz CT molecular complexity index is 659. The molecule has 0 aliphatic heterocycles. The van der Waals surface area contributed by atoms with E-state index in [1.165, 1.54) is 24.0 Å². The van der Waals surface area contributed by atoms with Gasteiger partial charge in [0.05, 0.1) is 11.3 Å². The maximum Gasteiger partial charge on any atom is 0.259 e. The summed E-state index contributed by atoms with van der Waals surface area (Å²) in [6.07, 6.45) is 3.70. The highest BCUT2D eigenvalue weighted by Gasteiger charge is 2.17. The third-order valence-corrected chi connectivity index (χ3v) is 3.37. The van der Waals surface area contributed by atoms with Gasteiger partial charge < -0.3 is 5.32 Å². The summed E-state index contributed by atoms with van der Waals surface area (Å²) in [6.45, 7) is 1.84. The third kappa shape index (κ3) is 3.36. The van der Waals surface area contributed by atoms with Gasteiger partial charge >= 0.3 is 0 Å². The van der Waals surface area contributed by atoms with E-state index in [0.717, 1.165) is 12.1 Å². The van der Waals surface area contributed by atoms with E-state index in [2.05, 4.69) is 15.3 Å². The summed E-state index contributed by atoms with van der Waals surface area (Å²) in [6, 6.07) is 3.38. The molecule has 0 aliphatic rings. The predicted molar refractivity (Wildman–Crippen MR) is 77.5 cm³/mol. The average Bonchev–Trinajstić information content (AvgIpc) is 2.50. The van der Waals surface area contributed by atoms with Crippen LogP contribution < -0.4 is 5.32 Å². The summed E-state index contributed by atoms with van der Waals surface area (Å²) < 4.78 is 27.1. The van der Waals surface area contributed by atoms with Crippen molar-refractivity contribution in [1.29, 1.82) is 0 Å². The molecular formula is C14H13F2N3OS. The Kier molecular flexibility index (Phi) is 4.85. The lowest BCUT2D eigenvalue weighted by atomic mass is 10.1. The summed E-state index contributed by atoms with van der Waals surface area (Å²) in [7, 11) is 0. The topological polar surface area (TPSA) is 54.9 Å². The van der Waals surface area contributed by atoms with E-state index in [0.29, 0.717) is 17.3 Å². The number of para-hydroxylation sites is 1. The Hall–Kier alpha value is -2.02. The van der Waals surface area contributed by atoms with E-state index < -0.39 is 23.2 Å². The van der Waals surface area contributed by atoms with Gasteiger partial charge in [-0.15, -0.1) is 0 Å². The largest absolute Gasteiger partial charge is 0.317 e. The molecule has 2 rings (SSSR count). The van der Waals surface area contributed by atoms with Gasteiger partial charge in [-0.25, -0.2) is 18.7 Å². The Labute approximate surface area is 125 Å². The summed E-state index contributed by atoms with van der Waals surface area (Å²) in [5.74, 6) is -2.30. The second kappa shape index (κ2) is 6.62. The highest BCUT2D eigenvalue weighted by Crippen LogP contribution is 2.20. The number of nitrogens with one attached hydrogen (secondary N) is 1. The minimum Gasteiger partial charge on any atom is -0.317 e. The number of hydrogen-bond donors (Lipinski definition) is 1. The molecule has 0 radical (unpaired) electrons. The first-order valence-corrected chi connectivity index (χ1v) is 7.44. The number of anilines is 1. The number of amides is 1. The van der Waals surface area contributed by atoms with Crippen LogP contribution in [-0.2, 0) is 6.42 Å². The van der Waals surface area contributed by atoms with Crippen LogP contribution in [0.15, 0.2) is 29.6 Å². The Morgan fingerprint density at radius 2 is 2.00 bits per heavy atom. The van der Waals surface area contributed by atoms with Crippen LogP contribution in [0.3, 0.4) is 0 Å². The van der Waals surface area contributed by atoms with Crippen molar-refractivity contribution in [2.75, 3.05) is 11.6 Å². The number of benzene rings is 1. The minimum atomic E-state index is -0.831. The summed E-state index contributed by atoms with van der Waals surface area (Å²) in [5.41, 5.74) is 0.264. The number of halogens is 2. The number of thioether (sulfide) groups is 1. The summed E-state index contributed by atoms with van der Waals surface area (Å²) in [5, 5.41) is 2.77.